The third-order valence-corrected chi connectivity index (χ3v) is 5.46. The Morgan fingerprint density at radius 1 is 1.17 bits per heavy atom. The van der Waals surface area contributed by atoms with E-state index in [4.69, 9.17) is 9.47 Å². The number of aromatic nitrogens is 2. The number of hydrogen-bond acceptors (Lipinski definition) is 7. The Bertz CT molecular complexity index is 1070. The van der Waals surface area contributed by atoms with Crippen molar-refractivity contribution in [2.45, 2.75) is 12.5 Å². The van der Waals surface area contributed by atoms with Crippen molar-refractivity contribution >= 4 is 28.3 Å². The van der Waals surface area contributed by atoms with Crippen molar-refractivity contribution in [2.75, 3.05) is 26.0 Å². The summed E-state index contributed by atoms with van der Waals surface area (Å²) in [7, 11) is 3.41. The summed E-state index contributed by atoms with van der Waals surface area (Å²) in [6, 6.07) is 10.8. The largest absolute Gasteiger partial charge is 0.485 e. The topological polar surface area (TPSA) is 93.7 Å². The highest BCUT2D eigenvalue weighted by Crippen LogP contribution is 2.33. The van der Waals surface area contributed by atoms with E-state index in [0.717, 1.165) is 10.4 Å². The number of pyridine rings is 1. The standard InChI is InChI=1S/C21H20N4O4S/c1-25(2)18(26)11-17-19(13-7-9-22-10-8-13)23-21(30-17)24-20(27)16-12-28-14-5-3-4-6-15(14)29-16/h3-10,16H,11-12H2,1-2H3,(H,23,24,27). The molecule has 4 rings (SSSR count). The van der Waals surface area contributed by atoms with Gasteiger partial charge < -0.3 is 14.4 Å². The molecular formula is C21H20N4O4S. The minimum atomic E-state index is -0.792. The molecule has 0 fully saturated rings. The molecule has 9 heteroatoms. The van der Waals surface area contributed by atoms with E-state index >= 15 is 0 Å². The van der Waals surface area contributed by atoms with Gasteiger partial charge in [0.25, 0.3) is 5.91 Å². The van der Waals surface area contributed by atoms with Crippen LogP contribution >= 0.6 is 11.3 Å². The number of benzene rings is 1. The number of anilines is 1. The molecule has 1 aliphatic heterocycles. The predicted molar refractivity (Wildman–Crippen MR) is 113 cm³/mol. The van der Waals surface area contributed by atoms with Gasteiger partial charge in [-0.25, -0.2) is 4.98 Å². The normalized spacial score (nSPS) is 14.8. The number of hydrogen-bond donors (Lipinski definition) is 1. The van der Waals surface area contributed by atoms with Gasteiger partial charge in [-0.1, -0.05) is 12.1 Å². The smallest absolute Gasteiger partial charge is 0.270 e. The van der Waals surface area contributed by atoms with Crippen LogP contribution < -0.4 is 14.8 Å². The van der Waals surface area contributed by atoms with Gasteiger partial charge in [0.05, 0.1) is 12.1 Å². The Labute approximate surface area is 177 Å². The summed E-state index contributed by atoms with van der Waals surface area (Å²) < 4.78 is 11.4. The Balaban J connectivity index is 1.55. The Hall–Kier alpha value is -3.46. The maximum atomic E-state index is 12.7. The van der Waals surface area contributed by atoms with Gasteiger partial charge >= 0.3 is 0 Å². The molecule has 2 amide bonds. The predicted octanol–water partition coefficient (Wildman–Crippen LogP) is 2.61. The summed E-state index contributed by atoms with van der Waals surface area (Å²) in [5.41, 5.74) is 1.48. The average Bonchev–Trinajstić information content (AvgIpc) is 3.15. The average molecular weight is 424 g/mol. The van der Waals surface area contributed by atoms with Crippen LogP contribution in [0, 0.1) is 0 Å². The van der Waals surface area contributed by atoms with Crippen molar-refractivity contribution in [1.29, 1.82) is 0 Å². The van der Waals surface area contributed by atoms with Crippen LogP contribution in [0.25, 0.3) is 11.3 Å². The van der Waals surface area contributed by atoms with Crippen molar-refractivity contribution in [2.24, 2.45) is 0 Å². The van der Waals surface area contributed by atoms with Crippen LogP contribution in [0.4, 0.5) is 5.13 Å². The highest BCUT2D eigenvalue weighted by atomic mass is 32.1. The molecule has 30 heavy (non-hydrogen) atoms. The van der Waals surface area contributed by atoms with Gasteiger partial charge in [0, 0.05) is 36.9 Å². The number of rotatable bonds is 5. The molecule has 8 nitrogen and oxygen atoms in total. The van der Waals surface area contributed by atoms with Crippen LogP contribution in [-0.2, 0) is 16.0 Å². The lowest BCUT2D eigenvalue weighted by atomic mass is 10.1. The molecule has 1 atom stereocenters. The van der Waals surface area contributed by atoms with Gasteiger partial charge in [0.15, 0.2) is 16.6 Å². The minimum absolute atomic E-state index is 0.0487. The first-order valence-electron chi connectivity index (χ1n) is 9.31. The SMILES string of the molecule is CN(C)C(=O)Cc1sc(NC(=O)C2COc3ccccc3O2)nc1-c1ccncc1. The molecule has 0 saturated carbocycles. The zero-order valence-corrected chi connectivity index (χ0v) is 17.3. The number of nitrogens with one attached hydrogen (secondary N) is 1. The van der Waals surface area contributed by atoms with Crippen molar-refractivity contribution in [1.82, 2.24) is 14.9 Å². The summed E-state index contributed by atoms with van der Waals surface area (Å²) in [6.07, 6.45) is 2.72. The number of likely N-dealkylation sites (N-methyl/N-ethyl adjacent to an activating group) is 1. The van der Waals surface area contributed by atoms with Crippen LogP contribution in [0.1, 0.15) is 4.88 Å². The molecule has 1 aliphatic rings. The number of para-hydroxylation sites is 2. The Morgan fingerprint density at radius 3 is 2.63 bits per heavy atom. The van der Waals surface area contributed by atoms with E-state index in [0.29, 0.717) is 22.3 Å². The second kappa shape index (κ2) is 8.50. The van der Waals surface area contributed by atoms with Crippen molar-refractivity contribution in [3.8, 4) is 22.8 Å². The molecule has 3 aromatic rings. The molecule has 0 aliphatic carbocycles. The van der Waals surface area contributed by atoms with E-state index in [-0.39, 0.29) is 24.8 Å². The zero-order chi connectivity index (χ0) is 21.1. The molecule has 0 bridgehead atoms. The van der Waals surface area contributed by atoms with Gasteiger partial charge in [-0.3, -0.25) is 19.9 Å². The lowest BCUT2D eigenvalue weighted by molar-refractivity contribution is -0.128. The molecule has 0 radical (unpaired) electrons. The highest BCUT2D eigenvalue weighted by Gasteiger charge is 2.28. The van der Waals surface area contributed by atoms with Crippen LogP contribution in [0.2, 0.25) is 0 Å². The number of thiazole rings is 1. The molecule has 1 unspecified atom stereocenters. The molecule has 154 valence electrons. The van der Waals surface area contributed by atoms with Gasteiger partial charge in [-0.05, 0) is 24.3 Å². The fourth-order valence-corrected chi connectivity index (χ4v) is 3.87. The monoisotopic (exact) mass is 424 g/mol. The molecule has 1 N–H and O–H groups in total. The third kappa shape index (κ3) is 4.25. The number of amides is 2. The first-order chi connectivity index (χ1) is 14.5. The van der Waals surface area contributed by atoms with E-state index in [1.807, 2.05) is 24.3 Å². The zero-order valence-electron chi connectivity index (χ0n) is 16.5. The van der Waals surface area contributed by atoms with E-state index < -0.39 is 6.10 Å². The minimum Gasteiger partial charge on any atom is -0.485 e. The summed E-state index contributed by atoms with van der Waals surface area (Å²) >= 11 is 1.27. The van der Waals surface area contributed by atoms with E-state index in [1.165, 1.54) is 16.2 Å². The van der Waals surface area contributed by atoms with E-state index in [1.54, 1.807) is 38.6 Å². The number of carbonyl (C=O) groups excluding carboxylic acids is 2. The molecule has 0 saturated heterocycles. The lowest BCUT2D eigenvalue weighted by Crippen LogP contribution is -2.40. The fourth-order valence-electron chi connectivity index (χ4n) is 2.89. The van der Waals surface area contributed by atoms with E-state index in [2.05, 4.69) is 15.3 Å². The van der Waals surface area contributed by atoms with Crippen LogP contribution in [0.15, 0.2) is 48.8 Å². The third-order valence-electron chi connectivity index (χ3n) is 4.49. The van der Waals surface area contributed by atoms with Crippen LogP contribution in [0.5, 0.6) is 11.5 Å². The molecule has 1 aromatic carbocycles. The number of ether oxygens (including phenoxy) is 2. The number of carbonyl (C=O) groups is 2. The maximum absolute atomic E-state index is 12.7. The summed E-state index contributed by atoms with van der Waals surface area (Å²) in [6.45, 7) is 0.109. The highest BCUT2D eigenvalue weighted by molar-refractivity contribution is 7.16. The summed E-state index contributed by atoms with van der Waals surface area (Å²) in [5.74, 6) is 0.732. The second-order valence-electron chi connectivity index (χ2n) is 6.85. The molecule has 0 spiro atoms. The molecular weight excluding hydrogens is 404 g/mol. The van der Waals surface area contributed by atoms with Crippen molar-refractivity contribution in [3.05, 3.63) is 53.7 Å². The quantitative estimate of drug-likeness (QED) is 0.677. The fraction of sp³-hybridized carbons (Fsp3) is 0.238. The first-order valence-corrected chi connectivity index (χ1v) is 10.1. The maximum Gasteiger partial charge on any atom is 0.270 e. The number of fused-ring (bicyclic) bond motifs is 1. The van der Waals surface area contributed by atoms with Gasteiger partial charge in [0.1, 0.15) is 6.61 Å². The molecule has 2 aromatic heterocycles. The van der Waals surface area contributed by atoms with E-state index in [9.17, 15) is 9.59 Å². The van der Waals surface area contributed by atoms with Crippen molar-refractivity contribution < 1.29 is 19.1 Å². The van der Waals surface area contributed by atoms with Crippen LogP contribution in [-0.4, -0.2) is 53.5 Å². The molecule has 3 heterocycles. The van der Waals surface area contributed by atoms with Crippen molar-refractivity contribution in [3.63, 3.8) is 0 Å². The second-order valence-corrected chi connectivity index (χ2v) is 7.93. The Kier molecular flexibility index (Phi) is 5.62. The lowest BCUT2D eigenvalue weighted by Gasteiger charge is -2.25. The summed E-state index contributed by atoms with van der Waals surface area (Å²) in [4.78, 5) is 35.9. The Morgan fingerprint density at radius 2 is 1.90 bits per heavy atom. The number of nitrogens with zero attached hydrogens (tertiary/aromatic N) is 3. The van der Waals surface area contributed by atoms with Gasteiger partial charge in [-0.15, -0.1) is 11.3 Å². The van der Waals surface area contributed by atoms with Crippen LogP contribution in [0.3, 0.4) is 0 Å². The first kappa shape index (κ1) is 19.8. The summed E-state index contributed by atoms with van der Waals surface area (Å²) in [5, 5.41) is 3.20. The van der Waals surface area contributed by atoms with Gasteiger partial charge in [0.2, 0.25) is 12.0 Å². The van der Waals surface area contributed by atoms with Gasteiger partial charge in [-0.2, -0.15) is 0 Å².